The molecule has 1 aliphatic heterocycles. The van der Waals surface area contributed by atoms with Crippen LogP contribution < -0.4 is 0 Å². The van der Waals surface area contributed by atoms with E-state index in [-0.39, 0.29) is 23.6 Å². The van der Waals surface area contributed by atoms with Crippen LogP contribution in [0.2, 0.25) is 0 Å². The van der Waals surface area contributed by atoms with Crippen molar-refractivity contribution >= 4 is 12.1 Å². The van der Waals surface area contributed by atoms with Gasteiger partial charge in [0.05, 0.1) is 0 Å². The van der Waals surface area contributed by atoms with Crippen molar-refractivity contribution in [1.29, 1.82) is 0 Å². The Balaban J connectivity index is 1.21. The number of aryl methyl sites for hydroxylation is 1. The lowest BCUT2D eigenvalue weighted by molar-refractivity contribution is 0.0689. The Labute approximate surface area is 185 Å². The molecule has 0 unspecified atom stereocenters. The van der Waals surface area contributed by atoms with Crippen LogP contribution in [0.5, 0.6) is 0 Å². The van der Waals surface area contributed by atoms with E-state index in [1.165, 1.54) is 22.3 Å². The lowest BCUT2D eigenvalue weighted by Gasteiger charge is -2.30. The molecule has 0 atom stereocenters. The van der Waals surface area contributed by atoms with Gasteiger partial charge in [-0.1, -0.05) is 48.5 Å². The summed E-state index contributed by atoms with van der Waals surface area (Å²) in [6.45, 7) is 2.94. The number of fused-ring (bicyclic) bond motifs is 3. The molecule has 1 aliphatic carbocycles. The Hall–Kier alpha value is -3.61. The highest BCUT2D eigenvalue weighted by Gasteiger charge is 2.32. The van der Waals surface area contributed by atoms with Crippen LogP contribution in [0.15, 0.2) is 52.9 Å². The van der Waals surface area contributed by atoms with Crippen LogP contribution in [0.1, 0.15) is 57.9 Å². The lowest BCUT2D eigenvalue weighted by atomic mass is 9.97. The van der Waals surface area contributed by atoms with Gasteiger partial charge in [-0.3, -0.25) is 0 Å². The van der Waals surface area contributed by atoms with Crippen LogP contribution in [0.3, 0.4) is 0 Å². The summed E-state index contributed by atoms with van der Waals surface area (Å²) >= 11 is 0. The first-order valence-electron chi connectivity index (χ1n) is 10.8. The van der Waals surface area contributed by atoms with Crippen molar-refractivity contribution in [3.63, 3.8) is 0 Å². The highest BCUT2D eigenvalue weighted by Crippen LogP contribution is 2.44. The number of nitrogens with zero attached hydrogens (tertiary/aromatic N) is 2. The summed E-state index contributed by atoms with van der Waals surface area (Å²) in [4.78, 5) is 29.8. The Morgan fingerprint density at radius 2 is 1.66 bits per heavy atom. The van der Waals surface area contributed by atoms with E-state index in [4.69, 9.17) is 9.15 Å². The first-order chi connectivity index (χ1) is 15.5. The maximum Gasteiger partial charge on any atom is 0.409 e. The van der Waals surface area contributed by atoms with Crippen LogP contribution >= 0.6 is 0 Å². The van der Waals surface area contributed by atoms with Crippen molar-refractivity contribution in [2.75, 3.05) is 19.7 Å². The molecule has 7 heteroatoms. The second kappa shape index (κ2) is 8.15. The maximum absolute atomic E-state index is 12.8. The molecule has 2 aromatic carbocycles. The van der Waals surface area contributed by atoms with Crippen molar-refractivity contribution in [3.8, 4) is 11.1 Å². The number of aromatic nitrogens is 1. The highest BCUT2D eigenvalue weighted by molar-refractivity contribution is 5.86. The SMILES string of the molecule is Cc1oc(C2CCN(C(=O)OCC3c4ccccc4-c4ccccc43)CC2)nc1C(=O)O. The Morgan fingerprint density at radius 1 is 1.06 bits per heavy atom. The van der Waals surface area contributed by atoms with Crippen molar-refractivity contribution < 1.29 is 23.8 Å². The third-order valence-corrected chi connectivity index (χ3v) is 6.45. The van der Waals surface area contributed by atoms with Gasteiger partial charge in [0.2, 0.25) is 0 Å². The minimum Gasteiger partial charge on any atom is -0.476 e. The fraction of sp³-hybridized carbons (Fsp3) is 0.320. The topological polar surface area (TPSA) is 92.9 Å². The number of likely N-dealkylation sites (tertiary alicyclic amines) is 1. The largest absolute Gasteiger partial charge is 0.476 e. The Kier molecular flexibility index (Phi) is 5.17. The molecule has 2 heterocycles. The summed E-state index contributed by atoms with van der Waals surface area (Å²) in [6.07, 6.45) is 0.993. The van der Waals surface area contributed by atoms with Gasteiger partial charge in [-0.2, -0.15) is 0 Å². The molecule has 0 radical (unpaired) electrons. The molecule has 7 nitrogen and oxygen atoms in total. The lowest BCUT2D eigenvalue weighted by Crippen LogP contribution is -2.38. The van der Waals surface area contributed by atoms with E-state index in [0.717, 1.165) is 0 Å². The number of benzene rings is 2. The number of hydrogen-bond acceptors (Lipinski definition) is 5. The average Bonchev–Trinajstić information content (AvgIpc) is 3.36. The number of rotatable bonds is 4. The summed E-state index contributed by atoms with van der Waals surface area (Å²) in [5.41, 5.74) is 4.74. The number of carboxylic acids is 1. The second-order valence-electron chi connectivity index (χ2n) is 8.33. The number of oxazole rings is 1. The third kappa shape index (κ3) is 3.53. The third-order valence-electron chi connectivity index (χ3n) is 6.45. The smallest absolute Gasteiger partial charge is 0.409 e. The van der Waals surface area contributed by atoms with Gasteiger partial charge in [-0.25, -0.2) is 14.6 Å². The molecule has 0 saturated carbocycles. The first kappa shape index (κ1) is 20.3. The first-order valence-corrected chi connectivity index (χ1v) is 10.8. The molecular weight excluding hydrogens is 408 g/mol. The Morgan fingerprint density at radius 3 is 2.22 bits per heavy atom. The minimum atomic E-state index is -1.09. The summed E-state index contributed by atoms with van der Waals surface area (Å²) in [5.74, 6) is -0.305. The molecule has 5 rings (SSSR count). The van der Waals surface area contributed by atoms with Gasteiger partial charge in [0.1, 0.15) is 12.4 Å². The van der Waals surface area contributed by atoms with E-state index < -0.39 is 5.97 Å². The molecular formula is C25H24N2O5. The standard InChI is InChI=1S/C25H24N2O5/c1-15-22(24(28)29)26-23(32-15)16-10-12-27(13-11-16)25(30)31-14-21-19-8-4-2-6-17(19)18-7-3-5-9-20(18)21/h2-9,16,21H,10-14H2,1H3,(H,28,29). The number of aromatic carboxylic acids is 1. The van der Waals surface area contributed by atoms with Crippen molar-refractivity contribution in [3.05, 3.63) is 77.0 Å². The van der Waals surface area contributed by atoms with Gasteiger partial charge in [0.15, 0.2) is 11.6 Å². The van der Waals surface area contributed by atoms with Crippen LogP contribution in [0.4, 0.5) is 4.79 Å². The zero-order chi connectivity index (χ0) is 22.2. The van der Waals surface area contributed by atoms with Gasteiger partial charge < -0.3 is 19.2 Å². The molecule has 1 saturated heterocycles. The number of piperidine rings is 1. The monoisotopic (exact) mass is 432 g/mol. The fourth-order valence-electron chi connectivity index (χ4n) is 4.78. The van der Waals surface area contributed by atoms with Crippen LogP contribution in [-0.4, -0.2) is 46.7 Å². The maximum atomic E-state index is 12.8. The average molecular weight is 432 g/mol. The highest BCUT2D eigenvalue weighted by atomic mass is 16.6. The summed E-state index contributed by atoms with van der Waals surface area (Å²) < 4.78 is 11.3. The normalized spacial score (nSPS) is 16.0. The van der Waals surface area contributed by atoms with Crippen LogP contribution in [-0.2, 0) is 4.74 Å². The van der Waals surface area contributed by atoms with Crippen LogP contribution in [0, 0.1) is 6.92 Å². The number of carbonyl (C=O) groups is 2. The van der Waals surface area contributed by atoms with Gasteiger partial charge in [0.25, 0.3) is 0 Å². The van der Waals surface area contributed by atoms with Gasteiger partial charge in [-0.15, -0.1) is 0 Å². The molecule has 0 bridgehead atoms. The van der Waals surface area contributed by atoms with E-state index in [1.807, 2.05) is 24.3 Å². The molecule has 164 valence electrons. The number of amides is 1. The molecule has 1 N–H and O–H groups in total. The molecule has 2 aliphatic rings. The van der Waals surface area contributed by atoms with Crippen molar-refractivity contribution in [2.45, 2.75) is 31.6 Å². The van der Waals surface area contributed by atoms with Gasteiger partial charge in [0, 0.05) is 24.9 Å². The van der Waals surface area contributed by atoms with Crippen LogP contribution in [0.25, 0.3) is 11.1 Å². The zero-order valence-corrected chi connectivity index (χ0v) is 17.8. The molecule has 0 spiro atoms. The summed E-state index contributed by atoms with van der Waals surface area (Å²) in [5, 5.41) is 9.17. The van der Waals surface area contributed by atoms with E-state index in [0.29, 0.717) is 44.2 Å². The molecule has 1 aromatic heterocycles. The summed E-state index contributed by atoms with van der Waals surface area (Å²) in [6, 6.07) is 16.5. The number of hydrogen-bond donors (Lipinski definition) is 1. The van der Waals surface area contributed by atoms with E-state index in [1.54, 1.807) is 11.8 Å². The molecule has 1 fully saturated rings. The van der Waals surface area contributed by atoms with Gasteiger partial charge in [-0.05, 0) is 42.0 Å². The predicted octanol–water partition coefficient (Wildman–Crippen LogP) is 4.81. The molecule has 3 aromatic rings. The molecule has 32 heavy (non-hydrogen) atoms. The second-order valence-corrected chi connectivity index (χ2v) is 8.33. The number of carboxylic acid groups (broad SMARTS) is 1. The fourth-order valence-corrected chi connectivity index (χ4v) is 4.78. The van der Waals surface area contributed by atoms with E-state index in [2.05, 4.69) is 29.2 Å². The quantitative estimate of drug-likeness (QED) is 0.636. The van der Waals surface area contributed by atoms with Crippen molar-refractivity contribution in [1.82, 2.24) is 9.88 Å². The van der Waals surface area contributed by atoms with Crippen molar-refractivity contribution in [2.24, 2.45) is 0 Å². The summed E-state index contributed by atoms with van der Waals surface area (Å²) in [7, 11) is 0. The predicted molar refractivity (Wildman–Crippen MR) is 117 cm³/mol. The minimum absolute atomic E-state index is 0.000522. The Bertz CT molecular complexity index is 1130. The number of ether oxygens (including phenoxy) is 1. The molecule has 1 amide bonds. The van der Waals surface area contributed by atoms with Gasteiger partial charge >= 0.3 is 12.1 Å². The van der Waals surface area contributed by atoms with E-state index >= 15 is 0 Å². The zero-order valence-electron chi connectivity index (χ0n) is 17.8. The number of carbonyl (C=O) groups excluding carboxylic acids is 1. The van der Waals surface area contributed by atoms with E-state index in [9.17, 15) is 14.7 Å².